The number of nitrogens with one attached hydrogen (secondary N) is 1. The second-order valence-electron chi connectivity index (χ2n) is 9.22. The minimum atomic E-state index is -1.26. The zero-order valence-electron chi connectivity index (χ0n) is 22.4. The molecule has 2 atom stereocenters. The van der Waals surface area contributed by atoms with Gasteiger partial charge in [0.05, 0.1) is 0 Å². The zero-order chi connectivity index (χ0) is 30.5. The average molecular weight is 620 g/mol. The third kappa shape index (κ3) is 6.29. The monoisotopic (exact) mass is 619 g/mol. The minimum absolute atomic E-state index is 0.0693. The molecule has 1 saturated heterocycles. The number of β-lactam (4-membered cyclic amide) rings is 1. The fourth-order valence-corrected chi connectivity index (χ4v) is 6.40. The van der Waals surface area contributed by atoms with E-state index in [0.29, 0.717) is 11.3 Å². The summed E-state index contributed by atoms with van der Waals surface area (Å²) in [6.45, 7) is 2.99. The Morgan fingerprint density at radius 1 is 1.16 bits per heavy atom. The minimum Gasteiger partial charge on any atom is -0.477 e. The lowest BCUT2D eigenvalue weighted by Crippen LogP contribution is -2.71. The third-order valence-corrected chi connectivity index (χ3v) is 8.48. The van der Waals surface area contributed by atoms with Crippen LogP contribution >= 0.6 is 23.1 Å². The van der Waals surface area contributed by atoms with Gasteiger partial charge >= 0.3 is 11.9 Å². The number of benzene rings is 2. The van der Waals surface area contributed by atoms with Gasteiger partial charge in [-0.3, -0.25) is 14.5 Å². The number of rotatable bonds is 11. The van der Waals surface area contributed by atoms with Crippen molar-refractivity contribution in [2.75, 3.05) is 18.1 Å². The molecule has 4 N–H and O–H groups in total. The molecule has 14 heteroatoms. The van der Waals surface area contributed by atoms with Gasteiger partial charge in [0, 0.05) is 11.1 Å². The molecule has 0 radical (unpaired) electrons. The number of aliphatic carboxylic acids is 1. The van der Waals surface area contributed by atoms with Crippen molar-refractivity contribution in [3.63, 3.8) is 0 Å². The molecule has 2 aromatic carbocycles. The van der Waals surface area contributed by atoms with Crippen LogP contribution < -0.4 is 11.1 Å². The Morgan fingerprint density at radius 3 is 2.37 bits per heavy atom. The first-order valence-electron chi connectivity index (χ1n) is 12.8. The van der Waals surface area contributed by atoms with E-state index >= 15 is 0 Å². The molecule has 2 aliphatic rings. The average Bonchev–Trinajstić information content (AvgIpc) is 3.46. The standard InChI is InChI=1S/C29H25N5O7S2/c1-2-16-14-42-27-22(26(37)34(27)23(16)28(38)39)32-25(36)21(19-15-43-29(30)31-19)33-40-13-20(35)41-24(17-9-5-3-6-10-17)18-11-7-4-8-12-18/h2-12,15,22,24,27H,1,13-14H2,(H2,30,31)(H,32,36)(H,38,39)/b33-21-/t22?,27-/m1/s1. The number of fused-ring (bicyclic) bond motifs is 1. The molecule has 220 valence electrons. The number of nitrogens with two attached hydrogens (primary N) is 1. The molecular formula is C29H25N5O7S2. The molecular weight excluding hydrogens is 594 g/mol. The molecule has 12 nitrogen and oxygen atoms in total. The highest BCUT2D eigenvalue weighted by Gasteiger charge is 2.54. The maximum absolute atomic E-state index is 13.3. The molecule has 2 amide bonds. The van der Waals surface area contributed by atoms with Crippen molar-refractivity contribution in [1.82, 2.24) is 15.2 Å². The number of carbonyl (C=O) groups excluding carboxylic acids is 3. The van der Waals surface area contributed by atoms with Gasteiger partial charge in [0.1, 0.15) is 22.8 Å². The predicted molar refractivity (Wildman–Crippen MR) is 160 cm³/mol. The second-order valence-corrected chi connectivity index (χ2v) is 11.2. The fourth-order valence-electron chi connectivity index (χ4n) is 4.51. The predicted octanol–water partition coefficient (Wildman–Crippen LogP) is 2.70. The lowest BCUT2D eigenvalue weighted by atomic mass is 10.0. The highest BCUT2D eigenvalue weighted by atomic mass is 32.2. The van der Waals surface area contributed by atoms with Crippen LogP contribution in [0.4, 0.5) is 5.13 Å². The van der Waals surface area contributed by atoms with Crippen LogP contribution in [-0.2, 0) is 28.8 Å². The van der Waals surface area contributed by atoms with Gasteiger partial charge in [-0.05, 0) is 16.7 Å². The van der Waals surface area contributed by atoms with Crippen LogP contribution in [0.1, 0.15) is 22.9 Å². The van der Waals surface area contributed by atoms with E-state index in [4.69, 9.17) is 15.3 Å². The van der Waals surface area contributed by atoms with Gasteiger partial charge in [0.2, 0.25) is 6.61 Å². The van der Waals surface area contributed by atoms with Gasteiger partial charge in [-0.1, -0.05) is 78.5 Å². The maximum atomic E-state index is 13.3. The van der Waals surface area contributed by atoms with Crippen LogP contribution in [0.2, 0.25) is 0 Å². The summed E-state index contributed by atoms with van der Waals surface area (Å²) in [6, 6.07) is 17.3. The highest BCUT2D eigenvalue weighted by Crippen LogP contribution is 2.40. The number of hydrogen-bond donors (Lipinski definition) is 3. The molecule has 43 heavy (non-hydrogen) atoms. The maximum Gasteiger partial charge on any atom is 0.352 e. The number of thiazole rings is 1. The molecule has 0 saturated carbocycles. The van der Waals surface area contributed by atoms with Crippen molar-refractivity contribution >= 4 is 57.7 Å². The summed E-state index contributed by atoms with van der Waals surface area (Å²) in [6.07, 6.45) is 0.698. The van der Waals surface area contributed by atoms with Gasteiger partial charge in [0.25, 0.3) is 11.8 Å². The number of hydrogen-bond acceptors (Lipinski definition) is 11. The van der Waals surface area contributed by atoms with Gasteiger partial charge in [-0.2, -0.15) is 0 Å². The van der Waals surface area contributed by atoms with Crippen LogP contribution in [0.15, 0.2) is 95.1 Å². The van der Waals surface area contributed by atoms with Gasteiger partial charge in [-0.25, -0.2) is 14.6 Å². The number of amides is 2. The molecule has 0 aliphatic carbocycles. The Labute approximate surface area is 253 Å². The summed E-state index contributed by atoms with van der Waals surface area (Å²) in [5, 5.41) is 17.1. The number of anilines is 1. The van der Waals surface area contributed by atoms with Gasteiger partial charge < -0.3 is 25.7 Å². The number of esters is 1. The van der Waals surface area contributed by atoms with Crippen LogP contribution in [-0.4, -0.2) is 68.2 Å². The smallest absolute Gasteiger partial charge is 0.352 e. The van der Waals surface area contributed by atoms with Gasteiger partial charge in [-0.15, -0.1) is 23.1 Å². The quantitative estimate of drug-likeness (QED) is 0.125. The Kier molecular flexibility index (Phi) is 8.87. The number of nitrogens with zero attached hydrogens (tertiary/aromatic N) is 3. The lowest BCUT2D eigenvalue weighted by Gasteiger charge is -2.49. The first kappa shape index (κ1) is 29.5. The van der Waals surface area contributed by atoms with E-state index in [2.05, 4.69) is 22.0 Å². The van der Waals surface area contributed by atoms with Crippen molar-refractivity contribution in [3.8, 4) is 0 Å². The Morgan fingerprint density at radius 2 is 1.81 bits per heavy atom. The van der Waals surface area contributed by atoms with E-state index in [1.54, 1.807) is 0 Å². The first-order chi connectivity index (χ1) is 20.8. The number of carboxylic acids is 1. The Hall–Kier alpha value is -4.95. The molecule has 0 spiro atoms. The number of allylic oxidation sites excluding steroid dienone is 1. The molecule has 0 bridgehead atoms. The molecule has 1 fully saturated rings. The molecule has 3 heterocycles. The summed E-state index contributed by atoms with van der Waals surface area (Å²) < 4.78 is 5.71. The van der Waals surface area contributed by atoms with E-state index in [-0.39, 0.29) is 22.2 Å². The van der Waals surface area contributed by atoms with Crippen molar-refractivity contribution < 1.29 is 33.9 Å². The molecule has 1 unspecified atom stereocenters. The van der Waals surface area contributed by atoms with Crippen LogP contribution in [0.25, 0.3) is 0 Å². The molecule has 1 aromatic heterocycles. The van der Waals surface area contributed by atoms with E-state index in [1.165, 1.54) is 23.2 Å². The molecule has 5 rings (SSSR count). The van der Waals surface area contributed by atoms with Crippen molar-refractivity contribution in [1.29, 1.82) is 0 Å². The fraction of sp³-hybridized carbons (Fsp3) is 0.172. The van der Waals surface area contributed by atoms with Crippen molar-refractivity contribution in [2.45, 2.75) is 17.5 Å². The van der Waals surface area contributed by atoms with E-state index < -0.39 is 47.9 Å². The van der Waals surface area contributed by atoms with E-state index in [0.717, 1.165) is 27.4 Å². The number of nitrogen functional groups attached to an aromatic ring is 1. The number of oxime groups is 1. The zero-order valence-corrected chi connectivity index (χ0v) is 24.0. The van der Waals surface area contributed by atoms with Gasteiger partial charge in [0.15, 0.2) is 16.9 Å². The normalized spacial score (nSPS) is 18.0. The highest BCUT2D eigenvalue weighted by molar-refractivity contribution is 8.00. The summed E-state index contributed by atoms with van der Waals surface area (Å²) >= 11 is 2.34. The summed E-state index contributed by atoms with van der Waals surface area (Å²) in [4.78, 5) is 61.2. The third-order valence-electron chi connectivity index (χ3n) is 6.51. The van der Waals surface area contributed by atoms with Crippen LogP contribution in [0.5, 0.6) is 0 Å². The van der Waals surface area contributed by atoms with Crippen LogP contribution in [0, 0.1) is 0 Å². The van der Waals surface area contributed by atoms with Crippen LogP contribution in [0.3, 0.4) is 0 Å². The van der Waals surface area contributed by atoms with E-state index in [9.17, 15) is 24.3 Å². The number of ether oxygens (including phenoxy) is 1. The number of carboxylic acid groups (broad SMARTS) is 1. The summed E-state index contributed by atoms with van der Waals surface area (Å²) in [5.41, 5.74) is 7.25. The summed E-state index contributed by atoms with van der Waals surface area (Å²) in [5.74, 6) is -3.13. The summed E-state index contributed by atoms with van der Waals surface area (Å²) in [7, 11) is 0. The van der Waals surface area contributed by atoms with Crippen molar-refractivity contribution in [3.05, 3.63) is 107 Å². The molecule has 2 aliphatic heterocycles. The lowest BCUT2D eigenvalue weighted by molar-refractivity contribution is -0.153. The Balaban J connectivity index is 1.29. The largest absolute Gasteiger partial charge is 0.477 e. The SMILES string of the molecule is C=CC1=C(C(=O)O)N2C(=O)C(NC(=O)/C(=N\OCC(=O)OC(c3ccccc3)c3ccccc3)c3csc(N)n3)[C@H]2SC1. The number of thioether (sulfide) groups is 1. The van der Waals surface area contributed by atoms with Crippen molar-refractivity contribution in [2.24, 2.45) is 5.16 Å². The van der Waals surface area contributed by atoms with E-state index in [1.807, 2.05) is 60.7 Å². The topological polar surface area (TPSA) is 174 Å². The number of carbonyl (C=O) groups is 4. The Bertz CT molecular complexity index is 1580. The number of aromatic nitrogens is 1. The molecule has 3 aromatic rings. The second kappa shape index (κ2) is 12.9. The first-order valence-corrected chi connectivity index (χ1v) is 14.8.